The number of hydrogen-bond donors (Lipinski definition) is 2. The van der Waals surface area contributed by atoms with E-state index in [9.17, 15) is 9.50 Å². The van der Waals surface area contributed by atoms with E-state index in [4.69, 9.17) is 16.3 Å². The minimum Gasteiger partial charge on any atom is -0.389 e. The van der Waals surface area contributed by atoms with Crippen LogP contribution in [0.1, 0.15) is 32.1 Å². The lowest BCUT2D eigenvalue weighted by Crippen LogP contribution is -2.28. The van der Waals surface area contributed by atoms with Crippen molar-refractivity contribution in [2.24, 2.45) is 0 Å². The van der Waals surface area contributed by atoms with Gasteiger partial charge in [-0.15, -0.1) is 0 Å². The molecule has 1 fully saturated rings. The van der Waals surface area contributed by atoms with Gasteiger partial charge >= 0.3 is 0 Å². The fourth-order valence-electron chi connectivity index (χ4n) is 2.47. The zero-order valence-corrected chi connectivity index (χ0v) is 14.1. The first-order valence-corrected chi connectivity index (χ1v) is 8.41. The molecule has 0 heterocycles. The van der Waals surface area contributed by atoms with Crippen molar-refractivity contribution >= 4 is 33.2 Å². The summed E-state index contributed by atoms with van der Waals surface area (Å²) in [6.07, 6.45) is 5.50. The average molecular weight is 381 g/mol. The number of aliphatic hydroxyl groups is 1. The fourth-order valence-corrected chi connectivity index (χ4v) is 3.43. The number of halogens is 3. The minimum atomic E-state index is -0.625. The van der Waals surface area contributed by atoms with E-state index in [0.29, 0.717) is 23.3 Å². The quantitative estimate of drug-likeness (QED) is 0.770. The zero-order valence-electron chi connectivity index (χ0n) is 11.7. The van der Waals surface area contributed by atoms with Crippen LogP contribution in [0.3, 0.4) is 0 Å². The average Bonchev–Trinajstić information content (AvgIpc) is 2.45. The van der Waals surface area contributed by atoms with Crippen molar-refractivity contribution in [2.45, 2.75) is 44.3 Å². The molecule has 1 unspecified atom stereocenters. The highest BCUT2D eigenvalue weighted by Crippen LogP contribution is 2.31. The van der Waals surface area contributed by atoms with Gasteiger partial charge in [-0.05, 0) is 40.9 Å². The Labute approximate surface area is 138 Å². The number of nitrogens with one attached hydrogen (secondary N) is 1. The normalized spacial score (nSPS) is 17.7. The van der Waals surface area contributed by atoms with Gasteiger partial charge in [0.1, 0.15) is 5.82 Å². The SMILES string of the molecule is OC(CNc1c(Cl)cc(F)cc1Br)COC1CCCCC1. The molecule has 21 heavy (non-hydrogen) atoms. The van der Waals surface area contributed by atoms with Gasteiger partial charge in [-0.25, -0.2) is 4.39 Å². The molecule has 1 aromatic rings. The number of aliphatic hydroxyl groups excluding tert-OH is 1. The van der Waals surface area contributed by atoms with Gasteiger partial charge in [0.2, 0.25) is 0 Å². The monoisotopic (exact) mass is 379 g/mol. The molecule has 3 nitrogen and oxygen atoms in total. The van der Waals surface area contributed by atoms with Gasteiger partial charge < -0.3 is 15.2 Å². The second-order valence-electron chi connectivity index (χ2n) is 5.37. The van der Waals surface area contributed by atoms with Crippen LogP contribution >= 0.6 is 27.5 Å². The standard InChI is InChI=1S/C15H20BrClFNO2/c16-13-6-10(18)7-14(17)15(13)19-8-11(20)9-21-12-4-2-1-3-5-12/h6-7,11-12,19-20H,1-5,8-9H2. The smallest absolute Gasteiger partial charge is 0.125 e. The zero-order chi connectivity index (χ0) is 15.2. The molecular weight excluding hydrogens is 361 g/mol. The van der Waals surface area contributed by atoms with Gasteiger partial charge in [-0.1, -0.05) is 30.9 Å². The number of benzene rings is 1. The summed E-state index contributed by atoms with van der Waals surface area (Å²) in [6, 6.07) is 2.57. The summed E-state index contributed by atoms with van der Waals surface area (Å²) in [5, 5.41) is 13.3. The molecule has 0 saturated heterocycles. The summed E-state index contributed by atoms with van der Waals surface area (Å²) in [4.78, 5) is 0. The molecule has 1 aliphatic carbocycles. The topological polar surface area (TPSA) is 41.5 Å². The maximum Gasteiger partial charge on any atom is 0.125 e. The van der Waals surface area contributed by atoms with Crippen molar-refractivity contribution in [3.63, 3.8) is 0 Å². The Balaban J connectivity index is 1.77. The first kappa shape index (κ1) is 17.0. The van der Waals surface area contributed by atoms with Crippen LogP contribution in [-0.4, -0.2) is 30.5 Å². The molecule has 0 bridgehead atoms. The fraction of sp³-hybridized carbons (Fsp3) is 0.600. The Morgan fingerprint density at radius 1 is 1.38 bits per heavy atom. The molecule has 0 radical (unpaired) electrons. The third-order valence-corrected chi connectivity index (χ3v) is 4.52. The number of ether oxygens (including phenoxy) is 1. The van der Waals surface area contributed by atoms with E-state index < -0.39 is 11.9 Å². The lowest BCUT2D eigenvalue weighted by Gasteiger charge is -2.23. The molecular formula is C15H20BrClFNO2. The molecule has 1 aromatic carbocycles. The van der Waals surface area contributed by atoms with Gasteiger partial charge in [0.15, 0.2) is 0 Å². The van der Waals surface area contributed by atoms with E-state index in [0.717, 1.165) is 12.8 Å². The van der Waals surface area contributed by atoms with E-state index in [2.05, 4.69) is 21.2 Å². The molecule has 0 aliphatic heterocycles. The van der Waals surface area contributed by atoms with Crippen molar-refractivity contribution in [3.05, 3.63) is 27.4 Å². The molecule has 0 amide bonds. The third-order valence-electron chi connectivity index (χ3n) is 3.60. The molecule has 0 aromatic heterocycles. The van der Waals surface area contributed by atoms with Crippen LogP contribution in [0, 0.1) is 5.82 Å². The summed E-state index contributed by atoms with van der Waals surface area (Å²) in [5.74, 6) is -0.404. The van der Waals surface area contributed by atoms with Crippen LogP contribution in [0.5, 0.6) is 0 Å². The Hall–Kier alpha value is -0.360. The number of hydrogen-bond acceptors (Lipinski definition) is 3. The Morgan fingerprint density at radius 2 is 2.10 bits per heavy atom. The predicted molar refractivity (Wildman–Crippen MR) is 86.4 cm³/mol. The third kappa shape index (κ3) is 5.40. The van der Waals surface area contributed by atoms with E-state index in [1.165, 1.54) is 31.4 Å². The van der Waals surface area contributed by atoms with Crippen LogP contribution < -0.4 is 5.32 Å². The highest BCUT2D eigenvalue weighted by atomic mass is 79.9. The maximum absolute atomic E-state index is 13.1. The van der Waals surface area contributed by atoms with Gasteiger partial charge in [0.05, 0.1) is 29.5 Å². The van der Waals surface area contributed by atoms with Crippen LogP contribution in [0.15, 0.2) is 16.6 Å². The molecule has 2 rings (SSSR count). The van der Waals surface area contributed by atoms with Crippen molar-refractivity contribution in [2.75, 3.05) is 18.5 Å². The second-order valence-corrected chi connectivity index (χ2v) is 6.63. The first-order chi connectivity index (χ1) is 10.1. The van der Waals surface area contributed by atoms with Gasteiger partial charge in [0, 0.05) is 11.0 Å². The summed E-state index contributed by atoms with van der Waals surface area (Å²) < 4.78 is 19.4. The molecule has 2 N–H and O–H groups in total. The Kier molecular flexibility index (Phi) is 6.74. The highest BCUT2D eigenvalue weighted by Gasteiger charge is 2.16. The van der Waals surface area contributed by atoms with E-state index in [1.807, 2.05) is 0 Å². The van der Waals surface area contributed by atoms with Crippen molar-refractivity contribution < 1.29 is 14.2 Å². The summed E-state index contributed by atoms with van der Waals surface area (Å²) in [5.41, 5.74) is 0.579. The second kappa shape index (κ2) is 8.32. The molecule has 0 spiro atoms. The highest BCUT2D eigenvalue weighted by molar-refractivity contribution is 9.10. The van der Waals surface area contributed by atoms with Crippen LogP contribution in [0.4, 0.5) is 10.1 Å². The molecule has 6 heteroatoms. The number of anilines is 1. The molecule has 118 valence electrons. The number of rotatable bonds is 6. The van der Waals surface area contributed by atoms with Crippen molar-refractivity contribution in [1.82, 2.24) is 0 Å². The lowest BCUT2D eigenvalue weighted by atomic mass is 9.98. The molecule has 1 saturated carbocycles. The minimum absolute atomic E-state index is 0.273. The van der Waals surface area contributed by atoms with Gasteiger partial charge in [-0.3, -0.25) is 0 Å². The predicted octanol–water partition coefficient (Wildman–Crippen LogP) is 4.36. The van der Waals surface area contributed by atoms with Crippen molar-refractivity contribution in [3.8, 4) is 0 Å². The van der Waals surface area contributed by atoms with Crippen LogP contribution in [-0.2, 0) is 4.74 Å². The van der Waals surface area contributed by atoms with E-state index >= 15 is 0 Å². The van der Waals surface area contributed by atoms with Crippen molar-refractivity contribution in [1.29, 1.82) is 0 Å². The maximum atomic E-state index is 13.1. The Morgan fingerprint density at radius 3 is 2.76 bits per heavy atom. The summed E-state index contributed by atoms with van der Waals surface area (Å²) >= 11 is 9.22. The largest absolute Gasteiger partial charge is 0.389 e. The van der Waals surface area contributed by atoms with Gasteiger partial charge in [-0.2, -0.15) is 0 Å². The first-order valence-electron chi connectivity index (χ1n) is 7.24. The van der Waals surface area contributed by atoms with Gasteiger partial charge in [0.25, 0.3) is 0 Å². The van der Waals surface area contributed by atoms with Crippen LogP contribution in [0.2, 0.25) is 5.02 Å². The summed E-state index contributed by atoms with van der Waals surface area (Å²) in [7, 11) is 0. The molecule has 1 aliphatic rings. The molecule has 1 atom stereocenters. The summed E-state index contributed by atoms with van der Waals surface area (Å²) in [6.45, 7) is 0.602. The Bertz CT molecular complexity index is 446. The van der Waals surface area contributed by atoms with Crippen LogP contribution in [0.25, 0.3) is 0 Å². The van der Waals surface area contributed by atoms with E-state index in [1.54, 1.807) is 0 Å². The lowest BCUT2D eigenvalue weighted by molar-refractivity contribution is -0.0195. The van der Waals surface area contributed by atoms with E-state index in [-0.39, 0.29) is 11.1 Å².